The minimum absolute atomic E-state index is 0.127. The second-order valence-corrected chi connectivity index (χ2v) is 4.13. The summed E-state index contributed by atoms with van der Waals surface area (Å²) in [4.78, 5) is 4.05. The molecular formula is C10H21N3O. The summed E-state index contributed by atoms with van der Waals surface area (Å²) in [5.41, 5.74) is 7.18. The zero-order chi connectivity index (χ0) is 10.4. The van der Waals surface area contributed by atoms with Gasteiger partial charge in [0.05, 0.1) is 0 Å². The molecular weight excluding hydrogens is 178 g/mol. The van der Waals surface area contributed by atoms with Gasteiger partial charge in [-0.15, -0.1) is 0 Å². The predicted octanol–water partition coefficient (Wildman–Crippen LogP) is 1.50. The maximum absolute atomic E-state index is 8.44. The van der Waals surface area contributed by atoms with E-state index in [4.69, 9.17) is 10.9 Å². The number of guanidine groups is 1. The average Bonchev–Trinajstić information content (AvgIpc) is 2.26. The third kappa shape index (κ3) is 3.54. The van der Waals surface area contributed by atoms with Crippen LogP contribution in [0.15, 0.2) is 4.99 Å². The van der Waals surface area contributed by atoms with Crippen LogP contribution in [0.1, 0.15) is 39.0 Å². The lowest BCUT2D eigenvalue weighted by molar-refractivity contribution is 0.231. The molecule has 0 amide bonds. The van der Waals surface area contributed by atoms with Crippen molar-refractivity contribution in [2.24, 2.45) is 22.6 Å². The molecule has 1 rings (SSSR count). The van der Waals surface area contributed by atoms with Crippen molar-refractivity contribution in [2.45, 2.75) is 39.0 Å². The minimum atomic E-state index is 0.127. The van der Waals surface area contributed by atoms with Gasteiger partial charge < -0.3 is 5.73 Å². The first-order valence-electron chi connectivity index (χ1n) is 5.46. The molecule has 4 N–H and O–H groups in total. The third-order valence-electron chi connectivity index (χ3n) is 3.18. The van der Waals surface area contributed by atoms with Crippen LogP contribution in [-0.2, 0) is 0 Å². The van der Waals surface area contributed by atoms with E-state index in [1.807, 2.05) is 5.48 Å². The molecule has 0 spiro atoms. The average molecular weight is 199 g/mol. The number of hydrogen-bond acceptors (Lipinski definition) is 2. The zero-order valence-corrected chi connectivity index (χ0v) is 8.87. The van der Waals surface area contributed by atoms with Crippen LogP contribution in [0.3, 0.4) is 0 Å². The van der Waals surface area contributed by atoms with Gasteiger partial charge in [0, 0.05) is 6.54 Å². The Morgan fingerprint density at radius 1 is 1.36 bits per heavy atom. The third-order valence-corrected chi connectivity index (χ3v) is 3.18. The van der Waals surface area contributed by atoms with Crippen molar-refractivity contribution in [1.29, 1.82) is 0 Å². The largest absolute Gasteiger partial charge is 0.368 e. The number of rotatable bonds is 3. The van der Waals surface area contributed by atoms with Gasteiger partial charge in [-0.25, -0.2) is 5.48 Å². The Labute approximate surface area is 85.6 Å². The molecule has 0 aromatic heterocycles. The van der Waals surface area contributed by atoms with Gasteiger partial charge in [0.25, 0.3) is 0 Å². The molecule has 4 heteroatoms. The minimum Gasteiger partial charge on any atom is -0.368 e. The highest BCUT2D eigenvalue weighted by Crippen LogP contribution is 2.30. The Morgan fingerprint density at radius 2 is 1.93 bits per heavy atom. The summed E-state index contributed by atoms with van der Waals surface area (Å²) in [6, 6.07) is 0. The monoisotopic (exact) mass is 199 g/mol. The van der Waals surface area contributed by atoms with E-state index in [1.54, 1.807) is 0 Å². The molecule has 1 fully saturated rings. The topological polar surface area (TPSA) is 70.6 Å². The van der Waals surface area contributed by atoms with E-state index >= 15 is 0 Å². The molecule has 14 heavy (non-hydrogen) atoms. The predicted molar refractivity (Wildman–Crippen MR) is 57.2 cm³/mol. The van der Waals surface area contributed by atoms with Crippen molar-refractivity contribution < 1.29 is 5.21 Å². The fraction of sp³-hybridized carbons (Fsp3) is 0.900. The SMILES string of the molecule is CCC1CCC(CN=C(N)NO)CC1. The summed E-state index contributed by atoms with van der Waals surface area (Å²) in [6.45, 7) is 3.01. The summed E-state index contributed by atoms with van der Waals surface area (Å²) < 4.78 is 0. The molecule has 1 saturated carbocycles. The fourth-order valence-electron chi connectivity index (χ4n) is 2.09. The summed E-state index contributed by atoms with van der Waals surface area (Å²) in [7, 11) is 0. The molecule has 1 aliphatic rings. The van der Waals surface area contributed by atoms with Crippen LogP contribution in [0.4, 0.5) is 0 Å². The number of nitrogens with two attached hydrogens (primary N) is 1. The molecule has 1 aliphatic carbocycles. The second-order valence-electron chi connectivity index (χ2n) is 4.13. The van der Waals surface area contributed by atoms with Gasteiger partial charge in [-0.05, 0) is 24.7 Å². The highest BCUT2D eigenvalue weighted by molar-refractivity contribution is 5.76. The Balaban J connectivity index is 2.22. The number of nitrogens with one attached hydrogen (secondary N) is 1. The zero-order valence-electron chi connectivity index (χ0n) is 8.87. The van der Waals surface area contributed by atoms with E-state index in [0.717, 1.165) is 12.5 Å². The van der Waals surface area contributed by atoms with Crippen molar-refractivity contribution in [3.05, 3.63) is 0 Å². The lowest BCUT2D eigenvalue weighted by Gasteiger charge is -2.26. The van der Waals surface area contributed by atoms with Crippen molar-refractivity contribution in [2.75, 3.05) is 6.54 Å². The molecule has 82 valence electrons. The number of hydrogen-bond donors (Lipinski definition) is 3. The van der Waals surface area contributed by atoms with E-state index < -0.39 is 0 Å². The first-order valence-corrected chi connectivity index (χ1v) is 5.46. The molecule has 0 aromatic carbocycles. The Morgan fingerprint density at radius 3 is 2.43 bits per heavy atom. The normalized spacial score (nSPS) is 28.9. The first-order chi connectivity index (χ1) is 6.76. The fourth-order valence-corrected chi connectivity index (χ4v) is 2.09. The number of nitrogens with zero attached hydrogens (tertiary/aromatic N) is 1. The van der Waals surface area contributed by atoms with Gasteiger partial charge in [0.15, 0.2) is 0 Å². The number of hydroxylamine groups is 1. The van der Waals surface area contributed by atoms with Crippen molar-refractivity contribution >= 4 is 5.96 Å². The number of aliphatic imine (C=N–C) groups is 1. The summed E-state index contributed by atoms with van der Waals surface area (Å²) in [5, 5.41) is 8.44. The molecule has 0 unspecified atom stereocenters. The Bertz CT molecular complexity index is 186. The van der Waals surface area contributed by atoms with E-state index in [0.29, 0.717) is 5.92 Å². The Kier molecular flexibility index (Phi) is 4.73. The quantitative estimate of drug-likeness (QED) is 0.366. The van der Waals surface area contributed by atoms with Gasteiger partial charge in [0.2, 0.25) is 5.96 Å². The molecule has 0 aliphatic heterocycles. The van der Waals surface area contributed by atoms with Crippen LogP contribution in [0.25, 0.3) is 0 Å². The molecule has 0 heterocycles. The van der Waals surface area contributed by atoms with E-state index in [2.05, 4.69) is 11.9 Å². The molecule has 0 atom stereocenters. The van der Waals surface area contributed by atoms with E-state index in [1.165, 1.54) is 32.1 Å². The second kappa shape index (κ2) is 5.86. The maximum Gasteiger partial charge on any atom is 0.212 e. The van der Waals surface area contributed by atoms with E-state index in [-0.39, 0.29) is 5.96 Å². The molecule has 4 nitrogen and oxygen atoms in total. The van der Waals surface area contributed by atoms with Crippen LogP contribution in [0, 0.1) is 11.8 Å². The van der Waals surface area contributed by atoms with Crippen LogP contribution in [0.2, 0.25) is 0 Å². The van der Waals surface area contributed by atoms with Crippen molar-refractivity contribution in [1.82, 2.24) is 5.48 Å². The highest BCUT2D eigenvalue weighted by atomic mass is 16.5. The van der Waals surface area contributed by atoms with Gasteiger partial charge in [0.1, 0.15) is 0 Å². The highest BCUT2D eigenvalue weighted by Gasteiger charge is 2.19. The molecule has 0 saturated heterocycles. The lowest BCUT2D eigenvalue weighted by Crippen LogP contribution is -2.29. The van der Waals surface area contributed by atoms with Gasteiger partial charge in [-0.1, -0.05) is 26.2 Å². The van der Waals surface area contributed by atoms with E-state index in [9.17, 15) is 0 Å². The summed E-state index contributed by atoms with van der Waals surface area (Å²) in [6.07, 6.45) is 6.45. The van der Waals surface area contributed by atoms with Crippen LogP contribution < -0.4 is 11.2 Å². The summed E-state index contributed by atoms with van der Waals surface area (Å²) in [5.74, 6) is 1.70. The lowest BCUT2D eigenvalue weighted by atomic mass is 9.81. The van der Waals surface area contributed by atoms with Crippen LogP contribution in [-0.4, -0.2) is 17.7 Å². The van der Waals surface area contributed by atoms with Crippen molar-refractivity contribution in [3.8, 4) is 0 Å². The standard InChI is InChI=1S/C10H21N3O/c1-2-8-3-5-9(6-4-8)7-12-10(11)13-14/h8-9,14H,2-7H2,1H3,(H3,11,12,13). The van der Waals surface area contributed by atoms with Gasteiger partial charge in [-0.3, -0.25) is 10.2 Å². The van der Waals surface area contributed by atoms with Crippen LogP contribution >= 0.6 is 0 Å². The summed E-state index contributed by atoms with van der Waals surface area (Å²) >= 11 is 0. The van der Waals surface area contributed by atoms with Gasteiger partial charge >= 0.3 is 0 Å². The first kappa shape index (κ1) is 11.3. The molecule has 0 bridgehead atoms. The molecule has 0 aromatic rings. The van der Waals surface area contributed by atoms with Gasteiger partial charge in [-0.2, -0.15) is 0 Å². The van der Waals surface area contributed by atoms with Crippen molar-refractivity contribution in [3.63, 3.8) is 0 Å². The van der Waals surface area contributed by atoms with Crippen LogP contribution in [0.5, 0.6) is 0 Å². The maximum atomic E-state index is 8.44. The Hall–Kier alpha value is -0.770. The smallest absolute Gasteiger partial charge is 0.212 e. The molecule has 0 radical (unpaired) electrons.